The molecule has 2 rings (SSSR count). The van der Waals surface area contributed by atoms with E-state index in [1.165, 1.54) is 0 Å². The summed E-state index contributed by atoms with van der Waals surface area (Å²) in [5.74, 6) is 0.534. The largest absolute Gasteiger partial charge is 0.508 e. The van der Waals surface area contributed by atoms with Crippen LogP contribution in [0.1, 0.15) is 11.1 Å². The van der Waals surface area contributed by atoms with E-state index in [4.69, 9.17) is 0 Å². The normalized spacial score (nSPS) is 10.4. The van der Waals surface area contributed by atoms with Crippen molar-refractivity contribution in [2.24, 2.45) is 0 Å². The minimum Gasteiger partial charge on any atom is -0.508 e. The zero-order valence-corrected chi connectivity index (χ0v) is 13.8. The number of benzene rings is 2. The summed E-state index contributed by atoms with van der Waals surface area (Å²) in [7, 11) is 3.27. The van der Waals surface area contributed by atoms with Crippen molar-refractivity contribution in [3.63, 3.8) is 0 Å². The van der Waals surface area contributed by atoms with Crippen LogP contribution >= 0.6 is 21.6 Å². The van der Waals surface area contributed by atoms with Crippen LogP contribution in [0, 0.1) is 0 Å². The third-order valence-corrected chi connectivity index (χ3v) is 5.60. The Hall–Kier alpha value is -1.78. The molecule has 0 heterocycles. The number of phenolic OH excluding ortho intramolecular Hbond substituents is 2. The maximum absolute atomic E-state index is 9.60. The molecule has 0 fully saturated rings. The van der Waals surface area contributed by atoms with E-state index in [1.807, 2.05) is 24.3 Å². The number of phenols is 2. The van der Waals surface area contributed by atoms with Crippen LogP contribution in [0.4, 0.5) is 0 Å². The molecule has 2 nitrogen and oxygen atoms in total. The highest BCUT2D eigenvalue weighted by atomic mass is 33.1. The summed E-state index contributed by atoms with van der Waals surface area (Å²) < 4.78 is 0. The Bertz CT molecular complexity index is 621. The highest BCUT2D eigenvalue weighted by molar-refractivity contribution is 8.76. The summed E-state index contributed by atoms with van der Waals surface area (Å²) in [6, 6.07) is 10.8. The number of allylic oxidation sites excluding steroid dienone is 2. The maximum atomic E-state index is 9.60. The molecule has 0 spiro atoms. The molecule has 0 bridgehead atoms. The summed E-state index contributed by atoms with van der Waals surface area (Å²) in [6.07, 6.45) is 5.08. The number of aromatic hydroxyl groups is 2. The molecular weight excluding hydrogens is 312 g/mol. The molecule has 0 saturated heterocycles. The minimum atomic E-state index is 0.267. The van der Waals surface area contributed by atoms with E-state index in [0.717, 1.165) is 20.9 Å². The van der Waals surface area contributed by atoms with Crippen molar-refractivity contribution in [2.75, 3.05) is 0 Å². The lowest BCUT2D eigenvalue weighted by Gasteiger charge is -2.10. The molecule has 2 aromatic rings. The molecule has 0 aliphatic rings. The number of rotatable bonds is 7. The maximum Gasteiger partial charge on any atom is 0.115 e. The third kappa shape index (κ3) is 4.36. The molecule has 4 heteroatoms. The van der Waals surface area contributed by atoms with Gasteiger partial charge in [-0.2, -0.15) is 0 Å². The molecule has 2 aromatic carbocycles. The van der Waals surface area contributed by atoms with Gasteiger partial charge < -0.3 is 10.2 Å². The summed E-state index contributed by atoms with van der Waals surface area (Å²) in [5.41, 5.74) is 2.10. The predicted molar refractivity (Wildman–Crippen MR) is 95.7 cm³/mol. The van der Waals surface area contributed by atoms with Crippen LogP contribution in [-0.4, -0.2) is 10.2 Å². The number of hydrogen-bond donors (Lipinski definition) is 2. The molecule has 114 valence electrons. The van der Waals surface area contributed by atoms with Crippen molar-refractivity contribution >= 4 is 21.6 Å². The SMILES string of the molecule is C=CCc1cc(O)ccc1SSc1ccc(O)cc1CC=C. The lowest BCUT2D eigenvalue weighted by molar-refractivity contribution is 0.473. The van der Waals surface area contributed by atoms with Crippen molar-refractivity contribution in [3.05, 3.63) is 72.8 Å². The first-order chi connectivity index (χ1) is 10.6. The monoisotopic (exact) mass is 330 g/mol. The first-order valence-corrected chi connectivity index (χ1v) is 8.99. The smallest absolute Gasteiger partial charge is 0.115 e. The van der Waals surface area contributed by atoms with Gasteiger partial charge in [-0.3, -0.25) is 0 Å². The lowest BCUT2D eigenvalue weighted by Crippen LogP contribution is -1.86. The van der Waals surface area contributed by atoms with Crippen molar-refractivity contribution in [3.8, 4) is 11.5 Å². The van der Waals surface area contributed by atoms with Gasteiger partial charge >= 0.3 is 0 Å². The van der Waals surface area contributed by atoms with E-state index in [1.54, 1.807) is 45.9 Å². The van der Waals surface area contributed by atoms with E-state index < -0.39 is 0 Å². The van der Waals surface area contributed by atoms with Crippen LogP contribution in [0.25, 0.3) is 0 Å². The van der Waals surface area contributed by atoms with Gasteiger partial charge in [-0.25, -0.2) is 0 Å². The van der Waals surface area contributed by atoms with Crippen LogP contribution in [0.15, 0.2) is 71.5 Å². The molecule has 22 heavy (non-hydrogen) atoms. The molecule has 0 atom stereocenters. The lowest BCUT2D eigenvalue weighted by atomic mass is 10.1. The van der Waals surface area contributed by atoms with E-state index in [0.29, 0.717) is 12.8 Å². The standard InChI is InChI=1S/C18H18O2S2/c1-3-5-13-11-15(19)7-9-17(13)21-22-18-10-8-16(20)12-14(18)6-4-2/h3-4,7-12,19-20H,1-2,5-6H2. The molecular formula is C18H18O2S2. The number of hydrogen-bond acceptors (Lipinski definition) is 4. The Morgan fingerprint density at radius 2 is 1.18 bits per heavy atom. The van der Waals surface area contributed by atoms with Gasteiger partial charge in [0.1, 0.15) is 11.5 Å². The second kappa shape index (κ2) is 8.01. The molecule has 0 radical (unpaired) electrons. The Balaban J connectivity index is 2.19. The van der Waals surface area contributed by atoms with Crippen molar-refractivity contribution in [1.29, 1.82) is 0 Å². The fourth-order valence-corrected chi connectivity index (χ4v) is 4.45. The first kappa shape index (κ1) is 16.6. The molecule has 2 N–H and O–H groups in total. The van der Waals surface area contributed by atoms with Crippen molar-refractivity contribution in [1.82, 2.24) is 0 Å². The van der Waals surface area contributed by atoms with Gasteiger partial charge in [0.2, 0.25) is 0 Å². The van der Waals surface area contributed by atoms with Crippen LogP contribution in [0.2, 0.25) is 0 Å². The highest BCUT2D eigenvalue weighted by Crippen LogP contribution is 2.42. The van der Waals surface area contributed by atoms with Gasteiger partial charge in [0, 0.05) is 9.79 Å². The van der Waals surface area contributed by atoms with E-state index >= 15 is 0 Å². The summed E-state index contributed by atoms with van der Waals surface area (Å²) in [4.78, 5) is 2.20. The first-order valence-electron chi connectivity index (χ1n) is 6.84. The average Bonchev–Trinajstić information content (AvgIpc) is 2.49. The zero-order chi connectivity index (χ0) is 15.9. The zero-order valence-electron chi connectivity index (χ0n) is 12.2. The Morgan fingerprint density at radius 3 is 1.55 bits per heavy atom. The molecule has 0 unspecified atom stereocenters. The minimum absolute atomic E-state index is 0.267. The molecule has 0 aliphatic heterocycles. The van der Waals surface area contributed by atoms with E-state index in [9.17, 15) is 10.2 Å². The van der Waals surface area contributed by atoms with Gasteiger partial charge in [0.05, 0.1) is 0 Å². The van der Waals surface area contributed by atoms with Crippen LogP contribution < -0.4 is 0 Å². The molecule has 0 aromatic heterocycles. The highest BCUT2D eigenvalue weighted by Gasteiger charge is 2.08. The van der Waals surface area contributed by atoms with Gasteiger partial charge in [-0.05, 0) is 60.4 Å². The summed E-state index contributed by atoms with van der Waals surface area (Å²) >= 11 is 0. The second-order valence-electron chi connectivity index (χ2n) is 4.74. The van der Waals surface area contributed by atoms with E-state index in [-0.39, 0.29) is 11.5 Å². The Labute approximate surface area is 139 Å². The average molecular weight is 330 g/mol. The second-order valence-corrected chi connectivity index (χ2v) is 6.95. The summed E-state index contributed by atoms with van der Waals surface area (Å²) in [5, 5.41) is 19.2. The van der Waals surface area contributed by atoms with Gasteiger partial charge in [0.25, 0.3) is 0 Å². The van der Waals surface area contributed by atoms with Crippen LogP contribution in [0.3, 0.4) is 0 Å². The van der Waals surface area contributed by atoms with Crippen LogP contribution in [0.5, 0.6) is 11.5 Å². The fourth-order valence-electron chi connectivity index (χ4n) is 2.01. The van der Waals surface area contributed by atoms with E-state index in [2.05, 4.69) is 13.2 Å². The predicted octanol–water partition coefficient (Wildman–Crippen LogP) is 5.35. The fraction of sp³-hybridized carbons (Fsp3) is 0.111. The van der Waals surface area contributed by atoms with Crippen LogP contribution in [-0.2, 0) is 12.8 Å². The quantitative estimate of drug-likeness (QED) is 0.530. The molecule has 0 amide bonds. The Morgan fingerprint density at radius 1 is 0.773 bits per heavy atom. The third-order valence-electron chi connectivity index (χ3n) is 3.04. The summed E-state index contributed by atoms with van der Waals surface area (Å²) in [6.45, 7) is 7.51. The van der Waals surface area contributed by atoms with Gasteiger partial charge in [0.15, 0.2) is 0 Å². The van der Waals surface area contributed by atoms with Gasteiger partial charge in [-0.15, -0.1) is 13.2 Å². The van der Waals surface area contributed by atoms with Gasteiger partial charge in [-0.1, -0.05) is 33.7 Å². The Kier molecular flexibility index (Phi) is 6.04. The molecule has 0 aliphatic carbocycles. The van der Waals surface area contributed by atoms with Crippen molar-refractivity contribution in [2.45, 2.75) is 22.6 Å². The van der Waals surface area contributed by atoms with Crippen molar-refractivity contribution < 1.29 is 10.2 Å². The topological polar surface area (TPSA) is 40.5 Å². The molecule has 0 saturated carbocycles.